The lowest BCUT2D eigenvalue weighted by Crippen LogP contribution is -2.33. The molecule has 5 nitrogen and oxygen atoms in total. The molecule has 0 atom stereocenters. The molecule has 11 aromatic rings. The van der Waals surface area contributed by atoms with Gasteiger partial charge in [0.25, 0.3) is 0 Å². The SMILES string of the molecule is [B]c1cc([B])c2c(c1[B])c1c([B])c([B])c3c4c([B])c([B])cc([B])c4n(-c4nc(-c5ccccc5)nc(-c5cccc(-c6ccccc6)c5)n4)c3c1n2-c1cccc(-c2ccccc2)c1. The summed E-state index contributed by atoms with van der Waals surface area (Å²) in [6.07, 6.45) is 0. The molecule has 0 aliphatic rings. The predicted octanol–water partition coefficient (Wildman–Crippen LogP) is 3.08. The molecule has 0 aliphatic carbocycles. The van der Waals surface area contributed by atoms with Crippen molar-refractivity contribution in [1.29, 1.82) is 0 Å². The first kappa shape index (κ1) is 39.7. The third-order valence-corrected chi connectivity index (χ3v) is 12.0. The van der Waals surface area contributed by atoms with Gasteiger partial charge < -0.3 is 4.57 Å². The van der Waals surface area contributed by atoms with E-state index in [1.54, 1.807) is 12.1 Å². The lowest BCUT2D eigenvalue weighted by molar-refractivity contribution is 0.955. The van der Waals surface area contributed by atoms with Crippen molar-refractivity contribution >= 4 is 150 Å². The molecule has 11 rings (SSSR count). The van der Waals surface area contributed by atoms with Crippen LogP contribution in [0.3, 0.4) is 0 Å². The van der Waals surface area contributed by atoms with Crippen molar-refractivity contribution in [1.82, 2.24) is 24.1 Å². The fourth-order valence-electron chi connectivity index (χ4n) is 9.07. The van der Waals surface area contributed by atoms with Crippen LogP contribution >= 0.6 is 0 Å². The van der Waals surface area contributed by atoms with E-state index in [1.807, 2.05) is 100 Å². The lowest BCUT2D eigenvalue weighted by Gasteiger charge is -2.16. The second-order valence-electron chi connectivity index (χ2n) is 15.8. The molecule has 0 saturated carbocycles. The smallest absolute Gasteiger partial charge is 0.238 e. The van der Waals surface area contributed by atoms with Gasteiger partial charge in [0.15, 0.2) is 11.6 Å². The van der Waals surface area contributed by atoms with Crippen molar-refractivity contribution < 1.29 is 0 Å². The van der Waals surface area contributed by atoms with Gasteiger partial charge in [0.2, 0.25) is 5.95 Å². The van der Waals surface area contributed by atoms with Gasteiger partial charge in [-0.1, -0.05) is 166 Å². The molecular formula is C51H25B8N5. The maximum atomic E-state index is 7.25. The molecule has 16 radical (unpaired) electrons. The highest BCUT2D eigenvalue weighted by Gasteiger charge is 2.29. The first-order valence-electron chi connectivity index (χ1n) is 20.5. The molecule has 8 aromatic carbocycles. The van der Waals surface area contributed by atoms with Crippen molar-refractivity contribution in [3.05, 3.63) is 152 Å². The average molecular weight is 794 g/mol. The Morgan fingerprint density at radius 1 is 0.297 bits per heavy atom. The molecule has 13 heteroatoms. The molecule has 0 saturated heterocycles. The largest absolute Gasteiger partial charge is 0.308 e. The van der Waals surface area contributed by atoms with E-state index in [9.17, 15) is 0 Å². The Morgan fingerprint density at radius 2 is 0.703 bits per heavy atom. The van der Waals surface area contributed by atoms with Crippen LogP contribution < -0.4 is 43.7 Å². The topological polar surface area (TPSA) is 48.5 Å². The second kappa shape index (κ2) is 15.3. The molecule has 0 spiro atoms. The van der Waals surface area contributed by atoms with Crippen LogP contribution in [0.15, 0.2) is 152 Å². The van der Waals surface area contributed by atoms with E-state index >= 15 is 0 Å². The van der Waals surface area contributed by atoms with Crippen LogP contribution in [-0.4, -0.2) is 86.9 Å². The van der Waals surface area contributed by atoms with Gasteiger partial charge in [-0.05, 0) is 51.2 Å². The molecule has 3 aromatic heterocycles. The number of fused-ring (bicyclic) bond motifs is 7. The zero-order valence-electron chi connectivity index (χ0n) is 34.3. The van der Waals surface area contributed by atoms with Crippen molar-refractivity contribution in [2.75, 3.05) is 0 Å². The highest BCUT2D eigenvalue weighted by atomic mass is 15.2. The van der Waals surface area contributed by atoms with E-state index in [0.717, 1.165) is 39.1 Å². The predicted molar refractivity (Wildman–Crippen MR) is 273 cm³/mol. The number of rotatable bonds is 6. The average Bonchev–Trinajstić information content (AvgIpc) is 3.89. The maximum absolute atomic E-state index is 7.25. The molecule has 0 fully saturated rings. The minimum atomic E-state index is 0.216. The Hall–Kier alpha value is -7.11. The van der Waals surface area contributed by atoms with Crippen molar-refractivity contribution in [3.63, 3.8) is 0 Å². The lowest BCUT2D eigenvalue weighted by atomic mass is 9.70. The monoisotopic (exact) mass is 795 g/mol. The van der Waals surface area contributed by atoms with Gasteiger partial charge >= 0.3 is 0 Å². The van der Waals surface area contributed by atoms with Crippen LogP contribution in [0.25, 0.3) is 100 Å². The molecule has 64 heavy (non-hydrogen) atoms. The normalized spacial score (nSPS) is 11.6. The molecule has 0 N–H and O–H groups in total. The maximum Gasteiger partial charge on any atom is 0.238 e. The van der Waals surface area contributed by atoms with E-state index in [0.29, 0.717) is 66.2 Å². The Labute approximate surface area is 380 Å². The summed E-state index contributed by atoms with van der Waals surface area (Å²) >= 11 is 0. The summed E-state index contributed by atoms with van der Waals surface area (Å²) < 4.78 is 3.91. The molecule has 0 unspecified atom stereocenters. The molecule has 0 aliphatic heterocycles. The standard InChI is InChI=1S/C51H25B8N5/c52-33-24-35(54)45-37(41(33)56)39-43(58)44(59)40-38-42(57)34(53)25-36(55)46(38)64(48(40)47(39)63(45)32-21-11-19-30(23-32)27-14-6-2-7-15-27)51-61-49(28-16-8-3-9-17-28)60-50(62-51)31-20-10-18-29(22-31)26-12-4-1-5-13-26/h1-25H. The van der Waals surface area contributed by atoms with Gasteiger partial charge in [-0.25, -0.2) is 4.98 Å². The zero-order valence-corrected chi connectivity index (χ0v) is 34.3. The second-order valence-corrected chi connectivity index (χ2v) is 15.8. The van der Waals surface area contributed by atoms with Gasteiger partial charge in [-0.3, -0.25) is 4.57 Å². The van der Waals surface area contributed by atoms with E-state index in [2.05, 4.69) is 48.5 Å². The first-order chi connectivity index (χ1) is 31.1. The number of benzene rings is 8. The zero-order chi connectivity index (χ0) is 44.0. The van der Waals surface area contributed by atoms with Crippen molar-refractivity contribution in [3.8, 4) is 56.7 Å². The van der Waals surface area contributed by atoms with Gasteiger partial charge in [0, 0.05) is 38.6 Å². The van der Waals surface area contributed by atoms with Gasteiger partial charge in [0.05, 0.1) is 11.0 Å². The van der Waals surface area contributed by atoms with E-state index in [1.165, 1.54) is 0 Å². The Bertz CT molecular complexity index is 3700. The summed E-state index contributed by atoms with van der Waals surface area (Å²) in [6.45, 7) is 0. The Kier molecular flexibility index (Phi) is 9.50. The van der Waals surface area contributed by atoms with Crippen molar-refractivity contribution in [2.45, 2.75) is 0 Å². The van der Waals surface area contributed by atoms with Gasteiger partial charge in [0.1, 0.15) is 62.8 Å². The van der Waals surface area contributed by atoms with Crippen LogP contribution in [0.5, 0.6) is 0 Å². The van der Waals surface area contributed by atoms with Crippen LogP contribution in [0.4, 0.5) is 0 Å². The van der Waals surface area contributed by atoms with E-state index in [4.69, 9.17) is 77.7 Å². The summed E-state index contributed by atoms with van der Waals surface area (Å²) in [4.78, 5) is 15.6. The summed E-state index contributed by atoms with van der Waals surface area (Å²) in [5.41, 5.74) is 10.6. The van der Waals surface area contributed by atoms with E-state index in [-0.39, 0.29) is 38.7 Å². The minimum absolute atomic E-state index is 0.216. The van der Waals surface area contributed by atoms with Crippen molar-refractivity contribution in [2.24, 2.45) is 0 Å². The fraction of sp³-hybridized carbons (Fsp3) is 0. The molecule has 278 valence electrons. The summed E-state index contributed by atoms with van der Waals surface area (Å²) in [5, 5.41) is 2.01. The van der Waals surface area contributed by atoms with Crippen LogP contribution in [0.2, 0.25) is 0 Å². The molecule has 0 amide bonds. The molecular weight excluding hydrogens is 769 g/mol. The third-order valence-electron chi connectivity index (χ3n) is 12.0. The van der Waals surface area contributed by atoms with Crippen LogP contribution in [0.1, 0.15) is 0 Å². The highest BCUT2D eigenvalue weighted by molar-refractivity contribution is 6.66. The fourth-order valence-corrected chi connectivity index (χ4v) is 9.07. The molecule has 3 heterocycles. The minimum Gasteiger partial charge on any atom is -0.308 e. The van der Waals surface area contributed by atoms with Crippen LogP contribution in [-0.2, 0) is 0 Å². The quantitative estimate of drug-likeness (QED) is 0.244. The summed E-state index contributed by atoms with van der Waals surface area (Å²) in [6, 6.07) is 49.4. The number of aromatic nitrogens is 5. The molecule has 0 bridgehead atoms. The van der Waals surface area contributed by atoms with Gasteiger partial charge in [-0.2, -0.15) is 9.97 Å². The Balaban J connectivity index is 1.35. The number of hydrogen-bond acceptors (Lipinski definition) is 3. The van der Waals surface area contributed by atoms with Crippen LogP contribution in [0, 0.1) is 0 Å². The van der Waals surface area contributed by atoms with E-state index < -0.39 is 0 Å². The summed E-state index contributed by atoms with van der Waals surface area (Å²) in [5.74, 6) is 1.06. The Morgan fingerprint density at radius 3 is 1.25 bits per heavy atom. The first-order valence-corrected chi connectivity index (χ1v) is 20.5. The summed E-state index contributed by atoms with van der Waals surface area (Å²) in [7, 11) is 55.7. The number of nitrogens with zero attached hydrogens (tertiary/aromatic N) is 5. The number of hydrogen-bond donors (Lipinski definition) is 0. The highest BCUT2D eigenvalue weighted by Crippen LogP contribution is 2.39. The third kappa shape index (κ3) is 6.16. The van der Waals surface area contributed by atoms with Gasteiger partial charge in [-0.15, -0.1) is 10.9 Å².